The Morgan fingerprint density at radius 2 is 1.64 bits per heavy atom. The summed E-state index contributed by atoms with van der Waals surface area (Å²) < 4.78 is 16.6. The maximum atomic E-state index is 5.81. The Morgan fingerprint density at radius 3 is 2.28 bits per heavy atom. The highest BCUT2D eigenvalue weighted by Gasteiger charge is 2.09. The molecular formula is C22H36O3. The second-order valence-electron chi connectivity index (χ2n) is 6.53. The number of ether oxygens (including phenoxy) is 3. The molecule has 1 atom stereocenters. The quantitative estimate of drug-likeness (QED) is 0.288. The van der Waals surface area contributed by atoms with Crippen LogP contribution in [0.5, 0.6) is 5.75 Å². The molecule has 0 fully saturated rings. The molecule has 0 aliphatic rings. The Kier molecular flexibility index (Phi) is 13.0. The Morgan fingerprint density at radius 1 is 0.960 bits per heavy atom. The lowest BCUT2D eigenvalue weighted by atomic mass is 10.0. The second kappa shape index (κ2) is 15.0. The number of methoxy groups -OCH3 is 1. The van der Waals surface area contributed by atoms with E-state index in [4.69, 9.17) is 14.2 Å². The van der Waals surface area contributed by atoms with Gasteiger partial charge in [0.25, 0.3) is 0 Å². The summed E-state index contributed by atoms with van der Waals surface area (Å²) in [6.07, 6.45) is 12.3. The number of hydrogen-bond acceptors (Lipinski definition) is 3. The Balaban J connectivity index is 2.22. The van der Waals surface area contributed by atoms with Gasteiger partial charge in [-0.2, -0.15) is 0 Å². The van der Waals surface area contributed by atoms with Crippen molar-refractivity contribution in [1.29, 1.82) is 0 Å². The molecule has 1 rings (SSSR count). The van der Waals surface area contributed by atoms with Gasteiger partial charge in [-0.15, -0.1) is 6.58 Å². The molecule has 0 bridgehead atoms. The Bertz CT molecular complexity index is 427. The topological polar surface area (TPSA) is 27.7 Å². The third-order valence-electron chi connectivity index (χ3n) is 4.23. The van der Waals surface area contributed by atoms with E-state index in [9.17, 15) is 0 Å². The highest BCUT2D eigenvalue weighted by atomic mass is 16.6. The summed E-state index contributed by atoms with van der Waals surface area (Å²) in [5.74, 6) is 0.881. The van der Waals surface area contributed by atoms with Crippen LogP contribution < -0.4 is 4.74 Å². The minimum Gasteiger partial charge on any atom is -0.491 e. The molecular weight excluding hydrogens is 312 g/mol. The van der Waals surface area contributed by atoms with E-state index in [0.29, 0.717) is 19.8 Å². The van der Waals surface area contributed by atoms with E-state index in [0.717, 1.165) is 12.2 Å². The third-order valence-corrected chi connectivity index (χ3v) is 4.23. The lowest BCUT2D eigenvalue weighted by Gasteiger charge is -2.17. The average Bonchev–Trinajstić information content (AvgIpc) is 2.64. The first kappa shape index (κ1) is 21.7. The number of hydrogen-bond donors (Lipinski definition) is 0. The summed E-state index contributed by atoms with van der Waals surface area (Å²) in [7, 11) is 1.67. The Hall–Kier alpha value is -1.32. The molecule has 0 spiro atoms. The van der Waals surface area contributed by atoms with E-state index < -0.39 is 0 Å². The van der Waals surface area contributed by atoms with E-state index in [1.807, 2.05) is 12.1 Å². The molecule has 0 saturated heterocycles. The number of aryl methyl sites for hydroxylation is 1. The molecule has 0 saturated carbocycles. The molecule has 142 valence electrons. The summed E-state index contributed by atoms with van der Waals surface area (Å²) >= 11 is 0. The zero-order valence-corrected chi connectivity index (χ0v) is 16.2. The van der Waals surface area contributed by atoms with Crippen molar-refractivity contribution in [2.24, 2.45) is 0 Å². The van der Waals surface area contributed by atoms with Gasteiger partial charge in [0, 0.05) is 7.11 Å². The first-order chi connectivity index (χ1) is 12.3. The zero-order chi connectivity index (χ0) is 18.2. The Labute approximate surface area is 154 Å². The van der Waals surface area contributed by atoms with Crippen molar-refractivity contribution in [2.75, 3.05) is 26.9 Å². The molecule has 0 aliphatic heterocycles. The van der Waals surface area contributed by atoms with Crippen molar-refractivity contribution in [3.05, 3.63) is 42.5 Å². The summed E-state index contributed by atoms with van der Waals surface area (Å²) in [5, 5.41) is 0. The molecule has 0 heterocycles. The maximum Gasteiger partial charge on any atom is 0.119 e. The van der Waals surface area contributed by atoms with Crippen molar-refractivity contribution in [3.8, 4) is 5.75 Å². The molecule has 0 aliphatic carbocycles. The van der Waals surface area contributed by atoms with Crippen LogP contribution in [0.2, 0.25) is 0 Å². The van der Waals surface area contributed by atoms with E-state index in [1.165, 1.54) is 50.5 Å². The van der Waals surface area contributed by atoms with Crippen LogP contribution in [0.25, 0.3) is 0 Å². The lowest BCUT2D eigenvalue weighted by Crippen LogP contribution is -2.26. The van der Waals surface area contributed by atoms with Gasteiger partial charge in [-0.1, -0.05) is 63.7 Å². The van der Waals surface area contributed by atoms with Crippen LogP contribution in [0.1, 0.15) is 57.4 Å². The van der Waals surface area contributed by atoms with Crippen LogP contribution in [0.4, 0.5) is 0 Å². The van der Waals surface area contributed by atoms with Crippen molar-refractivity contribution >= 4 is 0 Å². The van der Waals surface area contributed by atoms with Crippen LogP contribution in [0.15, 0.2) is 36.9 Å². The van der Waals surface area contributed by atoms with Crippen molar-refractivity contribution in [2.45, 2.75) is 64.4 Å². The summed E-state index contributed by atoms with van der Waals surface area (Å²) in [4.78, 5) is 0. The van der Waals surface area contributed by atoms with Crippen molar-refractivity contribution < 1.29 is 14.2 Å². The summed E-state index contributed by atoms with van der Waals surface area (Å²) in [5.41, 5.74) is 1.39. The molecule has 1 unspecified atom stereocenters. The fourth-order valence-corrected chi connectivity index (χ4v) is 2.76. The molecule has 0 amide bonds. The normalized spacial score (nSPS) is 12.1. The van der Waals surface area contributed by atoms with Gasteiger partial charge in [0.15, 0.2) is 0 Å². The van der Waals surface area contributed by atoms with Crippen LogP contribution in [0, 0.1) is 0 Å². The van der Waals surface area contributed by atoms with Crippen molar-refractivity contribution in [1.82, 2.24) is 0 Å². The number of benzene rings is 1. The standard InChI is InChI=1S/C22H36O3/c1-4-6-7-8-9-10-11-12-20-13-15-21(16-14-20)25-19-22(18-23-3)24-17-5-2/h5,13-16,22H,2,4,6-12,17-19H2,1,3H3. The minimum absolute atomic E-state index is 0.0737. The fourth-order valence-electron chi connectivity index (χ4n) is 2.76. The van der Waals surface area contributed by atoms with Crippen LogP contribution in [-0.2, 0) is 15.9 Å². The molecule has 3 nitrogen and oxygen atoms in total. The largest absolute Gasteiger partial charge is 0.491 e. The molecule has 0 N–H and O–H groups in total. The molecule has 0 aromatic heterocycles. The van der Waals surface area contributed by atoms with Gasteiger partial charge in [0.1, 0.15) is 18.5 Å². The molecule has 0 radical (unpaired) electrons. The van der Waals surface area contributed by atoms with Gasteiger partial charge >= 0.3 is 0 Å². The first-order valence-electron chi connectivity index (χ1n) is 9.73. The smallest absolute Gasteiger partial charge is 0.119 e. The number of rotatable bonds is 16. The van der Waals surface area contributed by atoms with E-state index >= 15 is 0 Å². The second-order valence-corrected chi connectivity index (χ2v) is 6.53. The average molecular weight is 349 g/mol. The third kappa shape index (κ3) is 11.0. The van der Waals surface area contributed by atoms with E-state index in [2.05, 4.69) is 25.6 Å². The predicted octanol–water partition coefficient (Wildman–Crippen LogP) is 5.58. The summed E-state index contributed by atoms with van der Waals surface area (Å²) in [6, 6.07) is 8.44. The summed E-state index contributed by atoms with van der Waals surface area (Å²) in [6.45, 7) is 7.44. The number of unbranched alkanes of at least 4 members (excludes halogenated alkanes) is 6. The van der Waals surface area contributed by atoms with E-state index in [-0.39, 0.29) is 6.10 Å². The molecule has 1 aromatic carbocycles. The maximum absolute atomic E-state index is 5.81. The highest BCUT2D eigenvalue weighted by molar-refractivity contribution is 5.27. The first-order valence-corrected chi connectivity index (χ1v) is 9.73. The van der Waals surface area contributed by atoms with Gasteiger partial charge < -0.3 is 14.2 Å². The van der Waals surface area contributed by atoms with Crippen LogP contribution in [-0.4, -0.2) is 33.0 Å². The highest BCUT2D eigenvalue weighted by Crippen LogP contribution is 2.16. The van der Waals surface area contributed by atoms with Gasteiger partial charge in [-0.3, -0.25) is 0 Å². The molecule has 1 aromatic rings. The van der Waals surface area contributed by atoms with Gasteiger partial charge in [0.05, 0.1) is 13.2 Å². The SMILES string of the molecule is C=CCOC(COC)COc1ccc(CCCCCCCCC)cc1. The molecule has 25 heavy (non-hydrogen) atoms. The minimum atomic E-state index is -0.0737. The van der Waals surface area contributed by atoms with Crippen LogP contribution >= 0.6 is 0 Å². The lowest BCUT2D eigenvalue weighted by molar-refractivity contribution is -0.0141. The zero-order valence-electron chi connectivity index (χ0n) is 16.2. The fraction of sp³-hybridized carbons (Fsp3) is 0.636. The monoisotopic (exact) mass is 348 g/mol. The molecule has 3 heteroatoms. The van der Waals surface area contributed by atoms with Gasteiger partial charge in [-0.25, -0.2) is 0 Å². The van der Waals surface area contributed by atoms with Gasteiger partial charge in [-0.05, 0) is 30.5 Å². The van der Waals surface area contributed by atoms with Crippen LogP contribution in [0.3, 0.4) is 0 Å². The predicted molar refractivity (Wildman–Crippen MR) is 105 cm³/mol. The van der Waals surface area contributed by atoms with Crippen molar-refractivity contribution in [3.63, 3.8) is 0 Å². The van der Waals surface area contributed by atoms with Gasteiger partial charge in [0.2, 0.25) is 0 Å². The van der Waals surface area contributed by atoms with E-state index in [1.54, 1.807) is 13.2 Å².